The maximum Gasteiger partial charge on any atom is 0.0763 e. The molecule has 0 aromatic heterocycles. The number of fused-ring (bicyclic) bond motifs is 2. The van der Waals surface area contributed by atoms with Gasteiger partial charge < -0.3 is 4.74 Å². The van der Waals surface area contributed by atoms with Gasteiger partial charge in [-0.25, -0.2) is 0 Å². The molecule has 0 amide bonds. The molecule has 2 rings (SSSR count). The van der Waals surface area contributed by atoms with Crippen molar-refractivity contribution in [3.8, 4) is 0 Å². The molecule has 0 aliphatic carbocycles. The van der Waals surface area contributed by atoms with Crippen LogP contribution in [0, 0.1) is 0 Å². The zero-order chi connectivity index (χ0) is 14.0. The molecule has 1 saturated heterocycles. The van der Waals surface area contributed by atoms with E-state index in [1.165, 1.54) is 89.9 Å². The van der Waals surface area contributed by atoms with Gasteiger partial charge >= 0.3 is 0 Å². The Kier molecular flexibility index (Phi) is 7.72. The fourth-order valence-corrected chi connectivity index (χ4v) is 3.65. The Morgan fingerprint density at radius 1 is 0.900 bits per heavy atom. The topological polar surface area (TPSA) is 9.23 Å². The van der Waals surface area contributed by atoms with Gasteiger partial charge in [0.05, 0.1) is 12.2 Å². The zero-order valence-electron chi connectivity index (χ0n) is 13.5. The molecular formula is C19H34O. The summed E-state index contributed by atoms with van der Waals surface area (Å²) in [5.41, 5.74) is 1.70. The van der Waals surface area contributed by atoms with Gasteiger partial charge in [0, 0.05) is 0 Å². The highest BCUT2D eigenvalue weighted by molar-refractivity contribution is 5.13. The summed E-state index contributed by atoms with van der Waals surface area (Å²) in [6, 6.07) is 0. The number of unbranched alkanes of at least 4 members (excludes halogenated alkanes) is 9. The number of rotatable bonds is 11. The van der Waals surface area contributed by atoms with Crippen LogP contribution in [0.4, 0.5) is 0 Å². The van der Waals surface area contributed by atoms with Gasteiger partial charge in [-0.2, -0.15) is 0 Å². The van der Waals surface area contributed by atoms with Crippen molar-refractivity contribution in [2.24, 2.45) is 0 Å². The molecule has 1 nitrogen and oxygen atoms in total. The largest absolute Gasteiger partial charge is 0.371 e. The number of hydrogen-bond acceptors (Lipinski definition) is 1. The number of ether oxygens (including phenoxy) is 1. The molecule has 0 spiro atoms. The highest BCUT2D eigenvalue weighted by atomic mass is 16.5. The average Bonchev–Trinajstić information content (AvgIpc) is 2.80. The third kappa shape index (κ3) is 5.99. The first-order valence-corrected chi connectivity index (χ1v) is 9.23. The highest BCUT2D eigenvalue weighted by Crippen LogP contribution is 2.33. The van der Waals surface area contributed by atoms with E-state index in [-0.39, 0.29) is 0 Å². The van der Waals surface area contributed by atoms with Crippen LogP contribution in [0.1, 0.15) is 96.8 Å². The predicted molar refractivity (Wildman–Crippen MR) is 87.1 cm³/mol. The van der Waals surface area contributed by atoms with Crippen molar-refractivity contribution in [2.75, 3.05) is 0 Å². The van der Waals surface area contributed by atoms with Crippen LogP contribution in [0.25, 0.3) is 0 Å². The molecule has 2 atom stereocenters. The van der Waals surface area contributed by atoms with Crippen molar-refractivity contribution in [2.45, 2.75) is 109 Å². The van der Waals surface area contributed by atoms with Crippen molar-refractivity contribution in [3.05, 3.63) is 11.6 Å². The Labute approximate surface area is 126 Å². The number of hydrogen-bond donors (Lipinski definition) is 0. The summed E-state index contributed by atoms with van der Waals surface area (Å²) in [4.78, 5) is 0. The average molecular weight is 278 g/mol. The van der Waals surface area contributed by atoms with E-state index in [0.29, 0.717) is 12.2 Å². The first kappa shape index (κ1) is 16.1. The van der Waals surface area contributed by atoms with Gasteiger partial charge in [0.2, 0.25) is 0 Å². The fraction of sp³-hybridized carbons (Fsp3) is 0.895. The highest BCUT2D eigenvalue weighted by Gasteiger charge is 2.28. The van der Waals surface area contributed by atoms with E-state index in [9.17, 15) is 0 Å². The molecule has 20 heavy (non-hydrogen) atoms. The van der Waals surface area contributed by atoms with E-state index in [4.69, 9.17) is 4.74 Å². The molecule has 1 heteroatoms. The summed E-state index contributed by atoms with van der Waals surface area (Å²) >= 11 is 0. The van der Waals surface area contributed by atoms with Crippen LogP contribution in [0.2, 0.25) is 0 Å². The van der Waals surface area contributed by atoms with Crippen LogP contribution < -0.4 is 0 Å². The molecule has 0 saturated carbocycles. The Morgan fingerprint density at radius 2 is 1.55 bits per heavy atom. The van der Waals surface area contributed by atoms with E-state index < -0.39 is 0 Å². The summed E-state index contributed by atoms with van der Waals surface area (Å²) in [6.07, 6.45) is 23.0. The molecule has 0 aromatic rings. The maximum atomic E-state index is 5.85. The summed E-state index contributed by atoms with van der Waals surface area (Å²) in [7, 11) is 0. The first-order chi connectivity index (χ1) is 9.88. The van der Waals surface area contributed by atoms with Crippen LogP contribution in [0.15, 0.2) is 11.6 Å². The third-order valence-electron chi connectivity index (χ3n) is 4.90. The van der Waals surface area contributed by atoms with Gasteiger partial charge in [-0.1, -0.05) is 76.4 Å². The maximum absolute atomic E-state index is 5.85. The van der Waals surface area contributed by atoms with Crippen molar-refractivity contribution in [1.29, 1.82) is 0 Å². The predicted octanol–water partition coefficient (Wildman–Crippen LogP) is 6.18. The molecular weight excluding hydrogens is 244 g/mol. The second kappa shape index (κ2) is 9.60. The van der Waals surface area contributed by atoms with E-state index >= 15 is 0 Å². The molecule has 2 aliphatic heterocycles. The minimum Gasteiger partial charge on any atom is -0.371 e. The summed E-state index contributed by atoms with van der Waals surface area (Å²) in [6.45, 7) is 2.29. The summed E-state index contributed by atoms with van der Waals surface area (Å²) < 4.78 is 5.85. The lowest BCUT2D eigenvalue weighted by Crippen LogP contribution is -2.16. The van der Waals surface area contributed by atoms with Crippen LogP contribution in [-0.4, -0.2) is 12.2 Å². The molecule has 1 fully saturated rings. The van der Waals surface area contributed by atoms with E-state index in [1.54, 1.807) is 5.57 Å². The summed E-state index contributed by atoms with van der Waals surface area (Å²) in [5.74, 6) is 0. The van der Waals surface area contributed by atoms with E-state index in [2.05, 4.69) is 13.0 Å². The van der Waals surface area contributed by atoms with Gasteiger partial charge in [-0.05, 0) is 32.1 Å². The third-order valence-corrected chi connectivity index (χ3v) is 4.90. The fourth-order valence-electron chi connectivity index (χ4n) is 3.65. The Balaban J connectivity index is 1.39. The smallest absolute Gasteiger partial charge is 0.0763 e. The minimum absolute atomic E-state index is 0.479. The SMILES string of the molecule is CCCCCCCCCCCCC1=CC2CCC(C1)O2. The van der Waals surface area contributed by atoms with Gasteiger partial charge in [0.15, 0.2) is 0 Å². The van der Waals surface area contributed by atoms with Crippen molar-refractivity contribution >= 4 is 0 Å². The summed E-state index contributed by atoms with van der Waals surface area (Å²) in [5, 5.41) is 0. The molecule has 2 aliphatic rings. The van der Waals surface area contributed by atoms with Crippen LogP contribution >= 0.6 is 0 Å². The monoisotopic (exact) mass is 278 g/mol. The Bertz CT molecular complexity index is 281. The van der Waals surface area contributed by atoms with E-state index in [1.807, 2.05) is 0 Å². The standard InChI is InChI=1S/C19H34O/c1-2-3-4-5-6-7-8-9-10-11-12-17-15-18-13-14-19(16-17)20-18/h15,18-19H,2-14,16H2,1H3. The van der Waals surface area contributed by atoms with Crippen molar-refractivity contribution in [1.82, 2.24) is 0 Å². The lowest BCUT2D eigenvalue weighted by molar-refractivity contribution is 0.0597. The minimum atomic E-state index is 0.479. The lowest BCUT2D eigenvalue weighted by Gasteiger charge is -2.20. The lowest BCUT2D eigenvalue weighted by atomic mass is 9.99. The zero-order valence-corrected chi connectivity index (χ0v) is 13.5. The molecule has 2 unspecified atom stereocenters. The van der Waals surface area contributed by atoms with Crippen molar-refractivity contribution in [3.63, 3.8) is 0 Å². The molecule has 2 bridgehead atoms. The second-order valence-corrected chi connectivity index (χ2v) is 6.83. The Hall–Kier alpha value is -0.300. The van der Waals surface area contributed by atoms with Gasteiger partial charge in [0.25, 0.3) is 0 Å². The quantitative estimate of drug-likeness (QED) is 0.324. The van der Waals surface area contributed by atoms with Crippen LogP contribution in [-0.2, 0) is 4.74 Å². The van der Waals surface area contributed by atoms with Crippen LogP contribution in [0.5, 0.6) is 0 Å². The molecule has 0 N–H and O–H groups in total. The Morgan fingerprint density at radius 3 is 2.20 bits per heavy atom. The molecule has 0 radical (unpaired) electrons. The van der Waals surface area contributed by atoms with Crippen molar-refractivity contribution < 1.29 is 4.74 Å². The second-order valence-electron chi connectivity index (χ2n) is 6.83. The van der Waals surface area contributed by atoms with Gasteiger partial charge in [-0.15, -0.1) is 0 Å². The first-order valence-electron chi connectivity index (χ1n) is 9.23. The molecule has 0 aromatic carbocycles. The van der Waals surface area contributed by atoms with Gasteiger partial charge in [0.1, 0.15) is 0 Å². The van der Waals surface area contributed by atoms with Crippen LogP contribution in [0.3, 0.4) is 0 Å². The molecule has 2 heterocycles. The normalized spacial score (nSPS) is 24.9. The van der Waals surface area contributed by atoms with Gasteiger partial charge in [-0.3, -0.25) is 0 Å². The van der Waals surface area contributed by atoms with E-state index in [0.717, 1.165) is 0 Å². The molecule has 116 valence electrons.